The molecule has 124 valence electrons. The lowest BCUT2D eigenvalue weighted by Crippen LogP contribution is -2.17. The minimum absolute atomic E-state index is 0.304. The first-order valence-corrected chi connectivity index (χ1v) is 7.98. The average Bonchev–Trinajstić information content (AvgIpc) is 3.04. The molecule has 3 aromatic rings. The molecule has 0 bridgehead atoms. The van der Waals surface area contributed by atoms with Gasteiger partial charge in [-0.2, -0.15) is 10.2 Å². The van der Waals surface area contributed by atoms with E-state index in [1.54, 1.807) is 30.9 Å². The summed E-state index contributed by atoms with van der Waals surface area (Å²) in [5, 5.41) is 12.2. The average molecular weight is 364 g/mol. The third-order valence-electron chi connectivity index (χ3n) is 3.48. The van der Waals surface area contributed by atoms with Gasteiger partial charge in [0.15, 0.2) is 5.82 Å². The number of nitrogens with zero attached hydrogens (tertiary/aromatic N) is 4. The van der Waals surface area contributed by atoms with E-state index in [1.165, 1.54) is 4.68 Å². The Kier molecular flexibility index (Phi) is 4.59. The van der Waals surface area contributed by atoms with Crippen LogP contribution in [0.2, 0.25) is 10.0 Å². The van der Waals surface area contributed by atoms with Crippen LogP contribution in [0.3, 0.4) is 0 Å². The monoisotopic (exact) mass is 363 g/mol. The number of hydrogen-bond acceptors (Lipinski definition) is 3. The van der Waals surface area contributed by atoms with Gasteiger partial charge in [-0.25, -0.2) is 0 Å². The summed E-state index contributed by atoms with van der Waals surface area (Å²) in [4.78, 5) is 12.4. The molecular weight excluding hydrogens is 349 g/mol. The van der Waals surface area contributed by atoms with Crippen molar-refractivity contribution in [2.75, 3.05) is 5.32 Å². The van der Waals surface area contributed by atoms with E-state index >= 15 is 0 Å². The first-order chi connectivity index (χ1) is 11.4. The van der Waals surface area contributed by atoms with Crippen molar-refractivity contribution < 1.29 is 4.79 Å². The highest BCUT2D eigenvalue weighted by molar-refractivity contribution is 6.34. The Morgan fingerprint density at radius 3 is 2.71 bits per heavy atom. The van der Waals surface area contributed by atoms with Crippen molar-refractivity contribution in [3.8, 4) is 0 Å². The van der Waals surface area contributed by atoms with E-state index in [4.69, 9.17) is 23.2 Å². The fraction of sp³-hybridized carbons (Fsp3) is 0.188. The molecule has 2 aromatic heterocycles. The largest absolute Gasteiger partial charge is 0.304 e. The number of aryl methyl sites for hydroxylation is 2. The van der Waals surface area contributed by atoms with Gasteiger partial charge in [-0.05, 0) is 24.6 Å². The topological polar surface area (TPSA) is 64.7 Å². The molecule has 8 heteroatoms. The molecule has 2 heterocycles. The fourth-order valence-electron chi connectivity index (χ4n) is 2.39. The second-order valence-electron chi connectivity index (χ2n) is 5.35. The van der Waals surface area contributed by atoms with Crippen molar-refractivity contribution >= 4 is 34.9 Å². The Hall–Kier alpha value is -2.31. The zero-order chi connectivity index (χ0) is 17.3. The highest BCUT2D eigenvalue weighted by Gasteiger charge is 2.19. The number of halogens is 2. The summed E-state index contributed by atoms with van der Waals surface area (Å²) < 4.78 is 3.17. The number of hydrogen-bond donors (Lipinski definition) is 1. The molecule has 1 amide bonds. The van der Waals surface area contributed by atoms with Crippen LogP contribution < -0.4 is 5.32 Å². The summed E-state index contributed by atoms with van der Waals surface area (Å²) in [5.74, 6) is 0.0908. The smallest absolute Gasteiger partial charge is 0.276 e. The third kappa shape index (κ3) is 3.44. The maximum Gasteiger partial charge on any atom is 0.276 e. The molecule has 0 aliphatic heterocycles. The van der Waals surface area contributed by atoms with E-state index < -0.39 is 0 Å². The van der Waals surface area contributed by atoms with Gasteiger partial charge >= 0.3 is 0 Å². The van der Waals surface area contributed by atoms with Gasteiger partial charge in [0.2, 0.25) is 0 Å². The number of carbonyl (C=O) groups is 1. The maximum absolute atomic E-state index is 12.4. The molecule has 0 saturated carbocycles. The molecule has 6 nitrogen and oxygen atoms in total. The lowest BCUT2D eigenvalue weighted by atomic mass is 10.2. The zero-order valence-electron chi connectivity index (χ0n) is 13.1. The number of aromatic nitrogens is 4. The van der Waals surface area contributed by atoms with Crippen molar-refractivity contribution in [1.29, 1.82) is 0 Å². The van der Waals surface area contributed by atoms with Gasteiger partial charge in [-0.3, -0.25) is 14.2 Å². The molecule has 0 radical (unpaired) electrons. The van der Waals surface area contributed by atoms with Gasteiger partial charge in [0, 0.05) is 24.3 Å². The Morgan fingerprint density at radius 2 is 2.04 bits per heavy atom. The molecule has 1 aromatic carbocycles. The maximum atomic E-state index is 12.4. The summed E-state index contributed by atoms with van der Waals surface area (Å²) in [5.41, 5.74) is 1.93. The third-order valence-corrected chi connectivity index (χ3v) is 4.17. The first kappa shape index (κ1) is 16.5. The van der Waals surface area contributed by atoms with Crippen molar-refractivity contribution in [2.45, 2.75) is 13.5 Å². The predicted octanol–water partition coefficient (Wildman–Crippen LogP) is 3.53. The highest BCUT2D eigenvalue weighted by atomic mass is 35.5. The normalized spacial score (nSPS) is 10.8. The number of amides is 1. The first-order valence-electron chi connectivity index (χ1n) is 7.22. The lowest BCUT2D eigenvalue weighted by molar-refractivity contribution is 0.101. The lowest BCUT2D eigenvalue weighted by Gasteiger charge is -2.04. The summed E-state index contributed by atoms with van der Waals surface area (Å²) >= 11 is 12.1. The predicted molar refractivity (Wildman–Crippen MR) is 93.7 cm³/mol. The van der Waals surface area contributed by atoms with E-state index in [2.05, 4.69) is 15.5 Å². The summed E-state index contributed by atoms with van der Waals surface area (Å²) in [7, 11) is 1.67. The van der Waals surface area contributed by atoms with Crippen LogP contribution in [0, 0.1) is 6.92 Å². The number of nitrogens with one attached hydrogen (secondary N) is 1. The molecule has 0 saturated heterocycles. The SMILES string of the molecule is Cc1nn(C)c(C(=O)Nc2ccn(Cc3cccc(Cl)c3)n2)c1Cl. The summed E-state index contributed by atoms with van der Waals surface area (Å²) in [6.07, 6.45) is 1.78. The minimum atomic E-state index is -0.351. The number of anilines is 1. The molecule has 1 N–H and O–H groups in total. The molecule has 0 atom stereocenters. The van der Waals surface area contributed by atoms with Crippen LogP contribution in [0.4, 0.5) is 5.82 Å². The van der Waals surface area contributed by atoms with E-state index in [9.17, 15) is 4.79 Å². The Morgan fingerprint density at radius 1 is 1.25 bits per heavy atom. The van der Waals surface area contributed by atoms with Crippen molar-refractivity contribution in [3.05, 3.63) is 63.5 Å². The van der Waals surface area contributed by atoms with Gasteiger partial charge in [-0.15, -0.1) is 0 Å². The molecule has 0 unspecified atom stereocenters. The molecule has 0 fully saturated rings. The van der Waals surface area contributed by atoms with Gasteiger partial charge in [0.1, 0.15) is 5.69 Å². The van der Waals surface area contributed by atoms with Crippen molar-refractivity contribution in [3.63, 3.8) is 0 Å². The van der Waals surface area contributed by atoms with Crippen LogP contribution in [0.1, 0.15) is 21.7 Å². The van der Waals surface area contributed by atoms with E-state index in [0.717, 1.165) is 5.56 Å². The molecular formula is C16H15Cl2N5O. The van der Waals surface area contributed by atoms with Crippen LogP contribution in [-0.2, 0) is 13.6 Å². The van der Waals surface area contributed by atoms with Gasteiger partial charge < -0.3 is 5.32 Å². The summed E-state index contributed by atoms with van der Waals surface area (Å²) in [6.45, 7) is 2.31. The molecule has 24 heavy (non-hydrogen) atoms. The second kappa shape index (κ2) is 6.67. The van der Waals surface area contributed by atoms with Gasteiger partial charge in [-0.1, -0.05) is 35.3 Å². The van der Waals surface area contributed by atoms with Gasteiger partial charge in [0.25, 0.3) is 5.91 Å². The summed E-state index contributed by atoms with van der Waals surface area (Å²) in [6, 6.07) is 9.26. The van der Waals surface area contributed by atoms with Crippen LogP contribution in [-0.4, -0.2) is 25.5 Å². The minimum Gasteiger partial charge on any atom is -0.304 e. The van der Waals surface area contributed by atoms with Crippen LogP contribution >= 0.6 is 23.2 Å². The van der Waals surface area contributed by atoms with Crippen LogP contribution in [0.5, 0.6) is 0 Å². The number of benzene rings is 1. The highest BCUT2D eigenvalue weighted by Crippen LogP contribution is 2.20. The van der Waals surface area contributed by atoms with Crippen molar-refractivity contribution in [1.82, 2.24) is 19.6 Å². The standard InChI is InChI=1S/C16H15Cl2N5O/c1-10-14(18)15(22(2)20-10)16(24)19-13-6-7-23(21-13)9-11-4-3-5-12(17)8-11/h3-8H,9H2,1-2H3,(H,19,21,24). The van der Waals surface area contributed by atoms with Crippen LogP contribution in [0.25, 0.3) is 0 Å². The Bertz CT molecular complexity index is 900. The Balaban J connectivity index is 1.73. The van der Waals surface area contributed by atoms with E-state index in [-0.39, 0.29) is 5.91 Å². The van der Waals surface area contributed by atoms with Gasteiger partial charge in [0.05, 0.1) is 17.3 Å². The molecule has 0 aliphatic carbocycles. The number of rotatable bonds is 4. The quantitative estimate of drug-likeness (QED) is 0.770. The van der Waals surface area contributed by atoms with Crippen molar-refractivity contribution in [2.24, 2.45) is 7.05 Å². The molecule has 0 aliphatic rings. The molecule has 3 rings (SSSR count). The fourth-order valence-corrected chi connectivity index (χ4v) is 2.85. The number of carbonyl (C=O) groups excluding carboxylic acids is 1. The second-order valence-corrected chi connectivity index (χ2v) is 6.17. The van der Waals surface area contributed by atoms with E-state index in [1.807, 2.05) is 24.3 Å². The Labute approximate surface area is 149 Å². The molecule has 0 spiro atoms. The zero-order valence-corrected chi connectivity index (χ0v) is 14.6. The van der Waals surface area contributed by atoms with E-state index in [0.29, 0.717) is 33.8 Å². The van der Waals surface area contributed by atoms with Crippen LogP contribution in [0.15, 0.2) is 36.5 Å².